The number of rotatable bonds is 4. The van der Waals surface area contributed by atoms with Crippen molar-refractivity contribution in [3.05, 3.63) is 29.6 Å². The molecular weight excluding hydrogens is 501 g/mol. The predicted molar refractivity (Wildman–Crippen MR) is 133 cm³/mol. The molecule has 0 bridgehead atoms. The summed E-state index contributed by atoms with van der Waals surface area (Å²) in [5, 5.41) is 12.6. The summed E-state index contributed by atoms with van der Waals surface area (Å²) in [4.78, 5) is 68.8. The molecule has 2 N–H and O–H groups in total. The van der Waals surface area contributed by atoms with Crippen LogP contribution in [0.3, 0.4) is 0 Å². The largest absolute Gasteiger partial charge is 0.491 e. The fourth-order valence-electron chi connectivity index (χ4n) is 4.67. The van der Waals surface area contributed by atoms with Crippen LogP contribution in [-0.2, 0) is 19.2 Å². The summed E-state index contributed by atoms with van der Waals surface area (Å²) in [6.07, 6.45) is -0.0572. The van der Waals surface area contributed by atoms with Crippen LogP contribution in [-0.4, -0.2) is 127 Å². The Kier molecular flexibility index (Phi) is 9.26. The summed E-state index contributed by atoms with van der Waals surface area (Å²) in [5.74, 6) is -3.81. The van der Waals surface area contributed by atoms with E-state index in [1.165, 1.54) is 30.0 Å². The third-order valence-electron chi connectivity index (χ3n) is 6.67. The lowest BCUT2D eigenvalue weighted by Gasteiger charge is -2.27. The van der Waals surface area contributed by atoms with Gasteiger partial charge in [0, 0.05) is 33.1 Å². The number of benzene rings is 1. The molecule has 1 fully saturated rings. The first-order chi connectivity index (χ1) is 17.9. The second kappa shape index (κ2) is 12.2. The summed E-state index contributed by atoms with van der Waals surface area (Å²) in [5.41, 5.74) is -0.177. The van der Waals surface area contributed by atoms with E-state index in [0.29, 0.717) is 6.42 Å². The number of carboxylic acid groups (broad SMARTS) is 1. The van der Waals surface area contributed by atoms with E-state index in [1.807, 2.05) is 0 Å². The van der Waals surface area contributed by atoms with Crippen LogP contribution >= 0.6 is 0 Å². The van der Waals surface area contributed by atoms with Crippen molar-refractivity contribution < 1.29 is 38.2 Å². The number of carbonyl (C=O) groups excluding carboxylic acids is 4. The summed E-state index contributed by atoms with van der Waals surface area (Å²) in [6.45, 7) is 0.0608. The summed E-state index contributed by atoms with van der Waals surface area (Å²) < 4.78 is 20.0. The molecule has 0 unspecified atom stereocenters. The molecule has 0 saturated carbocycles. The molecule has 2 heterocycles. The van der Waals surface area contributed by atoms with Gasteiger partial charge in [-0.2, -0.15) is 0 Å². The maximum Gasteiger partial charge on any atom is 0.326 e. The van der Waals surface area contributed by atoms with Gasteiger partial charge in [0.2, 0.25) is 17.7 Å². The van der Waals surface area contributed by atoms with E-state index >= 15 is 0 Å². The molecule has 1 saturated heterocycles. The SMILES string of the molecule is CN(C)CC(=O)N[C@H]1C[C@H]2COc3ccc(F)cc3C(=O)N(C)[C@H](C(=O)O)CCC(=O)N(C)CC(=O)N2C1. The fraction of sp³-hybridized carbons (Fsp3) is 0.560. The fourth-order valence-corrected chi connectivity index (χ4v) is 4.67. The molecule has 0 spiro atoms. The number of nitrogens with zero attached hydrogens (tertiary/aromatic N) is 4. The summed E-state index contributed by atoms with van der Waals surface area (Å²) in [7, 11) is 6.24. The Balaban J connectivity index is 1.93. The maximum atomic E-state index is 14.1. The van der Waals surface area contributed by atoms with Gasteiger partial charge >= 0.3 is 5.97 Å². The number of likely N-dealkylation sites (N-methyl/N-ethyl adjacent to an activating group) is 3. The summed E-state index contributed by atoms with van der Waals surface area (Å²) >= 11 is 0. The molecule has 1 aromatic rings. The Morgan fingerprint density at radius 3 is 2.55 bits per heavy atom. The minimum absolute atomic E-state index is 0.0305. The maximum absolute atomic E-state index is 14.1. The van der Waals surface area contributed by atoms with Crippen molar-refractivity contribution in [1.82, 2.24) is 24.9 Å². The highest BCUT2D eigenvalue weighted by atomic mass is 19.1. The number of fused-ring (bicyclic) bond motifs is 2. The van der Waals surface area contributed by atoms with Crippen LogP contribution in [0, 0.1) is 5.82 Å². The number of carboxylic acids is 1. The first-order valence-electron chi connectivity index (χ1n) is 12.3. The Morgan fingerprint density at radius 2 is 1.89 bits per heavy atom. The Morgan fingerprint density at radius 1 is 1.18 bits per heavy atom. The average Bonchev–Trinajstić information content (AvgIpc) is 3.23. The van der Waals surface area contributed by atoms with Crippen LogP contribution in [0.5, 0.6) is 5.75 Å². The number of aliphatic carboxylic acids is 1. The normalized spacial score (nSPS) is 23.4. The highest BCUT2D eigenvalue weighted by Gasteiger charge is 2.38. The number of hydrogen-bond donors (Lipinski definition) is 2. The van der Waals surface area contributed by atoms with Gasteiger partial charge in [0.05, 0.1) is 24.7 Å². The summed E-state index contributed by atoms with van der Waals surface area (Å²) in [6, 6.07) is 1.15. The van der Waals surface area contributed by atoms with Crippen molar-refractivity contribution in [1.29, 1.82) is 0 Å². The van der Waals surface area contributed by atoms with Crippen LogP contribution in [0.15, 0.2) is 18.2 Å². The van der Waals surface area contributed by atoms with Crippen LogP contribution in [0.4, 0.5) is 4.39 Å². The monoisotopic (exact) mass is 535 g/mol. The van der Waals surface area contributed by atoms with Crippen LogP contribution < -0.4 is 10.1 Å². The topological polar surface area (TPSA) is 140 Å². The van der Waals surface area contributed by atoms with E-state index in [-0.39, 0.29) is 68.3 Å². The van der Waals surface area contributed by atoms with Crippen molar-refractivity contribution in [2.24, 2.45) is 0 Å². The lowest BCUT2D eigenvalue weighted by atomic mass is 10.1. The average molecular weight is 536 g/mol. The minimum atomic E-state index is -1.36. The zero-order valence-electron chi connectivity index (χ0n) is 22.0. The van der Waals surface area contributed by atoms with Gasteiger partial charge in [-0.05, 0) is 45.1 Å². The molecule has 1 aromatic carbocycles. The third kappa shape index (κ3) is 6.97. The molecule has 4 amide bonds. The Bertz CT molecular complexity index is 1100. The molecule has 0 aromatic heterocycles. The van der Waals surface area contributed by atoms with E-state index in [2.05, 4.69) is 5.32 Å². The van der Waals surface area contributed by atoms with Crippen LogP contribution in [0.2, 0.25) is 0 Å². The van der Waals surface area contributed by atoms with Crippen molar-refractivity contribution in [3.8, 4) is 5.75 Å². The molecule has 38 heavy (non-hydrogen) atoms. The molecule has 2 aliphatic heterocycles. The van der Waals surface area contributed by atoms with Crippen molar-refractivity contribution >= 4 is 29.6 Å². The zero-order chi connectivity index (χ0) is 28.1. The number of ether oxygens (including phenoxy) is 1. The Hall–Kier alpha value is -3.74. The second-order valence-corrected chi connectivity index (χ2v) is 9.95. The number of halogens is 1. The second-order valence-electron chi connectivity index (χ2n) is 9.95. The molecule has 13 heteroatoms. The molecule has 3 rings (SSSR count). The van der Waals surface area contributed by atoms with Crippen molar-refractivity contribution in [2.45, 2.75) is 37.4 Å². The number of nitrogens with one attached hydrogen (secondary N) is 1. The molecule has 0 aliphatic carbocycles. The zero-order valence-corrected chi connectivity index (χ0v) is 22.0. The number of amides is 4. The Labute approximate surface area is 220 Å². The molecule has 2 aliphatic rings. The van der Waals surface area contributed by atoms with Crippen molar-refractivity contribution in [2.75, 3.05) is 54.4 Å². The minimum Gasteiger partial charge on any atom is -0.491 e. The molecular formula is C25H34FN5O7. The highest BCUT2D eigenvalue weighted by molar-refractivity contribution is 5.99. The molecule has 0 radical (unpaired) electrons. The first-order valence-corrected chi connectivity index (χ1v) is 12.3. The molecule has 3 atom stereocenters. The van der Waals surface area contributed by atoms with Gasteiger partial charge in [-0.1, -0.05) is 0 Å². The molecule has 208 valence electrons. The van der Waals surface area contributed by atoms with Gasteiger partial charge in [-0.15, -0.1) is 0 Å². The van der Waals surface area contributed by atoms with Crippen LogP contribution in [0.25, 0.3) is 0 Å². The predicted octanol–water partition coefficient (Wildman–Crippen LogP) is -0.371. The quantitative estimate of drug-likeness (QED) is 0.532. The van der Waals surface area contributed by atoms with Crippen LogP contribution in [0.1, 0.15) is 29.6 Å². The van der Waals surface area contributed by atoms with E-state index in [9.17, 15) is 33.5 Å². The van der Waals surface area contributed by atoms with Gasteiger partial charge in [0.1, 0.15) is 24.2 Å². The number of carbonyl (C=O) groups is 5. The smallest absolute Gasteiger partial charge is 0.326 e. The van der Waals surface area contributed by atoms with Gasteiger partial charge in [0.25, 0.3) is 5.91 Å². The first kappa shape index (κ1) is 28.8. The van der Waals surface area contributed by atoms with E-state index < -0.39 is 35.7 Å². The van der Waals surface area contributed by atoms with E-state index in [4.69, 9.17) is 4.74 Å². The van der Waals surface area contributed by atoms with Gasteiger partial charge in [0.15, 0.2) is 0 Å². The van der Waals surface area contributed by atoms with Gasteiger partial charge in [-0.3, -0.25) is 19.2 Å². The van der Waals surface area contributed by atoms with Crippen molar-refractivity contribution in [3.63, 3.8) is 0 Å². The van der Waals surface area contributed by atoms with E-state index in [1.54, 1.807) is 19.0 Å². The third-order valence-corrected chi connectivity index (χ3v) is 6.67. The van der Waals surface area contributed by atoms with Gasteiger partial charge < -0.3 is 34.8 Å². The lowest BCUT2D eigenvalue weighted by molar-refractivity contribution is -0.143. The highest BCUT2D eigenvalue weighted by Crippen LogP contribution is 2.26. The van der Waals surface area contributed by atoms with Gasteiger partial charge in [-0.25, -0.2) is 9.18 Å². The molecule has 12 nitrogen and oxygen atoms in total. The lowest BCUT2D eigenvalue weighted by Crippen LogP contribution is -2.46. The number of hydrogen-bond acceptors (Lipinski definition) is 7. The van der Waals surface area contributed by atoms with E-state index in [0.717, 1.165) is 17.0 Å². The standard InChI is InChI=1S/C25H34FN5O7/c1-28(2)12-21(32)27-16-10-17-14-38-20-7-5-15(26)9-18(20)24(35)30(4)19(25(36)37)6-8-22(33)29(3)13-23(34)31(17)11-16/h5,7,9,16-17,19H,6,8,10-14H2,1-4H3,(H,27,32)(H,36,37)/t16-,17-,19-/m0/s1.